The van der Waals surface area contributed by atoms with Gasteiger partial charge in [0, 0.05) is 11.5 Å². The van der Waals surface area contributed by atoms with Crippen molar-refractivity contribution in [2.24, 2.45) is 5.11 Å². The smallest absolute Gasteiger partial charge is 0.211 e. The fraction of sp³-hybridized carbons (Fsp3) is 0.250. The normalized spacial score (nSPS) is 10.7. The number of nitrogens with zero attached hydrogens (tertiary/aromatic N) is 3. The number of rotatable bonds is 4. The molecule has 7 heteroatoms. The average molecular weight is 226 g/mol. The van der Waals surface area contributed by atoms with Crippen molar-refractivity contribution in [3.8, 4) is 0 Å². The molecule has 0 spiro atoms. The second kappa shape index (κ2) is 4.79. The van der Waals surface area contributed by atoms with E-state index in [1.807, 2.05) is 0 Å². The van der Waals surface area contributed by atoms with Gasteiger partial charge in [0.2, 0.25) is 10.0 Å². The van der Waals surface area contributed by atoms with Gasteiger partial charge < -0.3 is 0 Å². The Morgan fingerprint density at radius 3 is 2.73 bits per heavy atom. The first kappa shape index (κ1) is 11.5. The third-order valence-corrected chi connectivity index (χ3v) is 3.23. The van der Waals surface area contributed by atoms with Gasteiger partial charge in [-0.1, -0.05) is 30.2 Å². The molecule has 0 saturated heterocycles. The Hall–Kier alpha value is -1.56. The maximum Gasteiger partial charge on any atom is 0.241 e. The van der Waals surface area contributed by atoms with Gasteiger partial charge in [-0.2, -0.15) is 0 Å². The van der Waals surface area contributed by atoms with E-state index in [1.165, 1.54) is 12.1 Å². The highest BCUT2D eigenvalue weighted by Crippen LogP contribution is 2.23. The Balaban J connectivity index is 3.30. The standard InChI is InChI=1S/C8H10N4O2S/c1-2-10-15(13,14)8-6-4-3-5-7(8)11-12-9/h3-6,10H,2H2,1H3. The fourth-order valence-corrected chi connectivity index (χ4v) is 2.26. The zero-order valence-corrected chi connectivity index (χ0v) is 8.90. The zero-order chi connectivity index (χ0) is 11.3. The van der Waals surface area contributed by atoms with Gasteiger partial charge >= 0.3 is 0 Å². The van der Waals surface area contributed by atoms with E-state index in [9.17, 15) is 8.42 Å². The van der Waals surface area contributed by atoms with Crippen LogP contribution in [-0.4, -0.2) is 15.0 Å². The average Bonchev–Trinajstić information content (AvgIpc) is 2.19. The van der Waals surface area contributed by atoms with Crippen molar-refractivity contribution in [2.45, 2.75) is 11.8 Å². The van der Waals surface area contributed by atoms with E-state index in [-0.39, 0.29) is 17.1 Å². The molecule has 0 aliphatic rings. The van der Waals surface area contributed by atoms with Crippen LogP contribution in [0.5, 0.6) is 0 Å². The number of nitrogens with one attached hydrogen (secondary N) is 1. The van der Waals surface area contributed by atoms with Crippen LogP contribution in [0.2, 0.25) is 0 Å². The van der Waals surface area contributed by atoms with Crippen molar-refractivity contribution >= 4 is 15.7 Å². The van der Waals surface area contributed by atoms with Crippen LogP contribution in [0.15, 0.2) is 34.3 Å². The summed E-state index contributed by atoms with van der Waals surface area (Å²) in [6.07, 6.45) is 0. The van der Waals surface area contributed by atoms with E-state index < -0.39 is 10.0 Å². The summed E-state index contributed by atoms with van der Waals surface area (Å²) in [6.45, 7) is 1.96. The molecule has 0 aliphatic carbocycles. The summed E-state index contributed by atoms with van der Waals surface area (Å²) in [5, 5.41) is 3.32. The van der Waals surface area contributed by atoms with Gasteiger partial charge in [-0.3, -0.25) is 0 Å². The molecule has 0 bridgehead atoms. The number of azide groups is 1. The Kier molecular flexibility index (Phi) is 3.68. The number of hydrogen-bond acceptors (Lipinski definition) is 3. The second-order valence-corrected chi connectivity index (χ2v) is 4.39. The van der Waals surface area contributed by atoms with E-state index in [0.717, 1.165) is 0 Å². The molecule has 1 rings (SSSR count). The summed E-state index contributed by atoms with van der Waals surface area (Å²) in [7, 11) is -3.58. The molecule has 0 unspecified atom stereocenters. The molecule has 0 atom stereocenters. The lowest BCUT2D eigenvalue weighted by atomic mass is 10.3. The number of hydrogen-bond donors (Lipinski definition) is 1. The van der Waals surface area contributed by atoms with Gasteiger partial charge in [0.25, 0.3) is 0 Å². The van der Waals surface area contributed by atoms with Crippen molar-refractivity contribution in [2.75, 3.05) is 6.54 Å². The molecule has 0 radical (unpaired) electrons. The van der Waals surface area contributed by atoms with Crippen molar-refractivity contribution in [3.63, 3.8) is 0 Å². The van der Waals surface area contributed by atoms with Crippen LogP contribution in [0.4, 0.5) is 5.69 Å². The van der Waals surface area contributed by atoms with Gasteiger partial charge in [0.05, 0.1) is 10.6 Å². The topological polar surface area (TPSA) is 94.9 Å². The molecule has 1 aromatic rings. The molecule has 0 saturated carbocycles. The lowest BCUT2D eigenvalue weighted by Crippen LogP contribution is -2.23. The summed E-state index contributed by atoms with van der Waals surface area (Å²) in [6, 6.07) is 6.02. The molecular formula is C8H10N4O2S. The maximum atomic E-state index is 11.6. The molecule has 1 aromatic carbocycles. The summed E-state index contributed by atoms with van der Waals surface area (Å²) < 4.78 is 25.6. The Bertz CT molecular complexity index is 491. The van der Waals surface area contributed by atoms with Crippen LogP contribution >= 0.6 is 0 Å². The first-order chi connectivity index (χ1) is 7.11. The van der Waals surface area contributed by atoms with E-state index in [4.69, 9.17) is 5.53 Å². The summed E-state index contributed by atoms with van der Waals surface area (Å²) in [5.74, 6) is 0. The van der Waals surface area contributed by atoms with Gasteiger partial charge in [-0.05, 0) is 11.6 Å². The first-order valence-corrected chi connectivity index (χ1v) is 5.74. The minimum atomic E-state index is -3.58. The predicted octanol–water partition coefficient (Wildman–Crippen LogP) is 1.93. The van der Waals surface area contributed by atoms with Crippen LogP contribution < -0.4 is 4.72 Å². The fourth-order valence-electron chi connectivity index (χ4n) is 1.08. The minimum Gasteiger partial charge on any atom is -0.211 e. The first-order valence-electron chi connectivity index (χ1n) is 4.25. The molecule has 15 heavy (non-hydrogen) atoms. The molecule has 1 N–H and O–H groups in total. The quantitative estimate of drug-likeness (QED) is 0.482. The highest BCUT2D eigenvalue weighted by molar-refractivity contribution is 7.89. The van der Waals surface area contributed by atoms with Gasteiger partial charge in [0.1, 0.15) is 0 Å². The molecule has 0 aromatic heterocycles. The molecule has 0 amide bonds. The van der Waals surface area contributed by atoms with Crippen molar-refractivity contribution in [3.05, 3.63) is 34.7 Å². The summed E-state index contributed by atoms with van der Waals surface area (Å²) in [5.41, 5.74) is 8.38. The van der Waals surface area contributed by atoms with Gasteiger partial charge in [-0.15, -0.1) is 0 Å². The van der Waals surface area contributed by atoms with Crippen molar-refractivity contribution < 1.29 is 8.42 Å². The third kappa shape index (κ3) is 2.69. The van der Waals surface area contributed by atoms with Crippen LogP contribution in [0, 0.1) is 0 Å². The third-order valence-electron chi connectivity index (χ3n) is 1.64. The zero-order valence-electron chi connectivity index (χ0n) is 8.08. The summed E-state index contributed by atoms with van der Waals surface area (Å²) in [4.78, 5) is 2.56. The largest absolute Gasteiger partial charge is 0.241 e. The summed E-state index contributed by atoms with van der Waals surface area (Å²) >= 11 is 0. The minimum absolute atomic E-state index is 0.00958. The van der Waals surface area contributed by atoms with E-state index >= 15 is 0 Å². The van der Waals surface area contributed by atoms with E-state index in [1.54, 1.807) is 19.1 Å². The lowest BCUT2D eigenvalue weighted by Gasteiger charge is -2.06. The molecular weight excluding hydrogens is 216 g/mol. The van der Waals surface area contributed by atoms with Gasteiger partial charge in [-0.25, -0.2) is 13.1 Å². The molecule has 6 nitrogen and oxygen atoms in total. The Morgan fingerprint density at radius 1 is 1.47 bits per heavy atom. The Labute approximate surface area is 87.6 Å². The number of sulfonamides is 1. The van der Waals surface area contributed by atoms with Crippen LogP contribution in [0.1, 0.15) is 6.92 Å². The SMILES string of the molecule is CCNS(=O)(=O)c1ccccc1N=[N+]=[N-]. The van der Waals surface area contributed by atoms with Crippen molar-refractivity contribution in [1.82, 2.24) is 4.72 Å². The van der Waals surface area contributed by atoms with Crippen LogP contribution in [0.3, 0.4) is 0 Å². The van der Waals surface area contributed by atoms with Crippen LogP contribution in [-0.2, 0) is 10.0 Å². The molecule has 0 fully saturated rings. The monoisotopic (exact) mass is 226 g/mol. The second-order valence-electron chi connectivity index (χ2n) is 2.66. The molecule has 0 heterocycles. The predicted molar refractivity (Wildman–Crippen MR) is 56.1 cm³/mol. The van der Waals surface area contributed by atoms with Crippen molar-refractivity contribution in [1.29, 1.82) is 0 Å². The van der Waals surface area contributed by atoms with E-state index in [2.05, 4.69) is 14.7 Å². The highest BCUT2D eigenvalue weighted by Gasteiger charge is 2.15. The Morgan fingerprint density at radius 2 is 2.13 bits per heavy atom. The highest BCUT2D eigenvalue weighted by atomic mass is 32.2. The maximum absolute atomic E-state index is 11.6. The van der Waals surface area contributed by atoms with E-state index in [0.29, 0.717) is 0 Å². The number of benzene rings is 1. The lowest BCUT2D eigenvalue weighted by molar-refractivity contribution is 0.584. The molecule has 80 valence electrons. The van der Waals surface area contributed by atoms with Gasteiger partial charge in [0.15, 0.2) is 0 Å². The molecule has 0 aliphatic heterocycles. The van der Waals surface area contributed by atoms with Crippen LogP contribution in [0.25, 0.3) is 10.4 Å².